The van der Waals surface area contributed by atoms with Crippen molar-refractivity contribution in [2.24, 2.45) is 0 Å². The van der Waals surface area contributed by atoms with E-state index >= 15 is 0 Å². The standard InChI is InChI=1S/C13H17FO2/c1-4-13(5-2,16-3)12(15)10-8-6-7-9-11(10)14/h6-9H,4-5H2,1-3H3. The fourth-order valence-electron chi connectivity index (χ4n) is 1.84. The molecule has 0 aliphatic rings. The summed E-state index contributed by atoms with van der Waals surface area (Å²) in [6.45, 7) is 3.73. The van der Waals surface area contributed by atoms with Crippen LogP contribution in [0.15, 0.2) is 24.3 Å². The lowest BCUT2D eigenvalue weighted by atomic mass is 9.87. The second kappa shape index (κ2) is 5.21. The molecule has 0 aliphatic carbocycles. The molecule has 0 unspecified atom stereocenters. The molecular formula is C13H17FO2. The number of hydrogen-bond donors (Lipinski definition) is 0. The molecule has 88 valence electrons. The zero-order valence-electron chi connectivity index (χ0n) is 9.92. The molecule has 0 saturated carbocycles. The predicted octanol–water partition coefficient (Wildman–Crippen LogP) is 3.21. The van der Waals surface area contributed by atoms with Gasteiger partial charge in [-0.3, -0.25) is 4.79 Å². The number of carbonyl (C=O) groups excluding carboxylic acids is 1. The maximum Gasteiger partial charge on any atom is 0.197 e. The smallest absolute Gasteiger partial charge is 0.197 e. The van der Waals surface area contributed by atoms with E-state index in [-0.39, 0.29) is 11.3 Å². The van der Waals surface area contributed by atoms with E-state index in [0.29, 0.717) is 12.8 Å². The fourth-order valence-corrected chi connectivity index (χ4v) is 1.84. The van der Waals surface area contributed by atoms with Gasteiger partial charge < -0.3 is 4.74 Å². The van der Waals surface area contributed by atoms with E-state index in [1.54, 1.807) is 12.1 Å². The molecule has 1 rings (SSSR count). The van der Waals surface area contributed by atoms with Crippen LogP contribution in [0.1, 0.15) is 37.0 Å². The Morgan fingerprint density at radius 1 is 1.31 bits per heavy atom. The van der Waals surface area contributed by atoms with Crippen LogP contribution in [0.2, 0.25) is 0 Å². The summed E-state index contributed by atoms with van der Waals surface area (Å²) < 4.78 is 18.8. The van der Waals surface area contributed by atoms with E-state index in [1.165, 1.54) is 19.2 Å². The van der Waals surface area contributed by atoms with Gasteiger partial charge in [0, 0.05) is 7.11 Å². The third-order valence-electron chi connectivity index (χ3n) is 3.07. The molecule has 0 amide bonds. The Labute approximate surface area is 95.4 Å². The van der Waals surface area contributed by atoms with Crippen molar-refractivity contribution in [2.75, 3.05) is 7.11 Å². The van der Waals surface area contributed by atoms with E-state index < -0.39 is 11.4 Å². The first-order valence-electron chi connectivity index (χ1n) is 5.45. The predicted molar refractivity (Wildman–Crippen MR) is 61.1 cm³/mol. The van der Waals surface area contributed by atoms with E-state index in [0.717, 1.165) is 0 Å². The third kappa shape index (κ3) is 2.14. The van der Waals surface area contributed by atoms with Crippen LogP contribution in [0.3, 0.4) is 0 Å². The van der Waals surface area contributed by atoms with Crippen LogP contribution in [-0.2, 0) is 4.74 Å². The van der Waals surface area contributed by atoms with Crippen molar-refractivity contribution in [3.8, 4) is 0 Å². The number of benzene rings is 1. The number of carbonyl (C=O) groups is 1. The Balaban J connectivity index is 3.14. The zero-order chi connectivity index (χ0) is 12.2. The Morgan fingerprint density at radius 3 is 2.31 bits per heavy atom. The molecular weight excluding hydrogens is 207 g/mol. The number of halogens is 1. The maximum absolute atomic E-state index is 13.5. The highest BCUT2D eigenvalue weighted by Gasteiger charge is 2.36. The summed E-state index contributed by atoms with van der Waals surface area (Å²) in [4.78, 5) is 12.2. The van der Waals surface area contributed by atoms with Gasteiger partial charge in [-0.15, -0.1) is 0 Å². The van der Waals surface area contributed by atoms with Crippen molar-refractivity contribution < 1.29 is 13.9 Å². The number of hydrogen-bond acceptors (Lipinski definition) is 2. The lowest BCUT2D eigenvalue weighted by molar-refractivity contribution is -0.00292. The Bertz CT molecular complexity index is 362. The van der Waals surface area contributed by atoms with Gasteiger partial charge in [-0.05, 0) is 25.0 Å². The summed E-state index contributed by atoms with van der Waals surface area (Å²) in [6, 6.07) is 6.01. The molecule has 0 saturated heterocycles. The van der Waals surface area contributed by atoms with E-state index in [4.69, 9.17) is 4.74 Å². The number of ether oxygens (including phenoxy) is 1. The largest absolute Gasteiger partial charge is 0.370 e. The maximum atomic E-state index is 13.5. The average molecular weight is 224 g/mol. The van der Waals surface area contributed by atoms with Gasteiger partial charge in [0.15, 0.2) is 5.78 Å². The zero-order valence-corrected chi connectivity index (χ0v) is 9.92. The monoisotopic (exact) mass is 224 g/mol. The lowest BCUT2D eigenvalue weighted by Crippen LogP contribution is -2.40. The minimum absolute atomic E-state index is 0.105. The first kappa shape index (κ1) is 12.8. The Hall–Kier alpha value is -1.22. The van der Waals surface area contributed by atoms with Crippen molar-refractivity contribution in [1.29, 1.82) is 0 Å². The topological polar surface area (TPSA) is 26.3 Å². The van der Waals surface area contributed by atoms with Crippen LogP contribution in [0, 0.1) is 5.82 Å². The van der Waals surface area contributed by atoms with Gasteiger partial charge in [-0.25, -0.2) is 4.39 Å². The molecule has 1 aromatic carbocycles. The minimum atomic E-state index is -0.901. The summed E-state index contributed by atoms with van der Waals surface area (Å²) in [6.07, 6.45) is 1.07. The summed E-state index contributed by atoms with van der Waals surface area (Å²) in [5.74, 6) is -0.770. The molecule has 0 aliphatic heterocycles. The molecule has 0 spiro atoms. The van der Waals surface area contributed by atoms with Crippen molar-refractivity contribution in [3.05, 3.63) is 35.6 Å². The average Bonchev–Trinajstić information content (AvgIpc) is 2.32. The highest BCUT2D eigenvalue weighted by molar-refractivity contribution is 6.02. The first-order chi connectivity index (χ1) is 7.61. The van der Waals surface area contributed by atoms with Crippen LogP contribution >= 0.6 is 0 Å². The molecule has 0 aromatic heterocycles. The quantitative estimate of drug-likeness (QED) is 0.718. The second-order valence-corrected chi connectivity index (χ2v) is 3.71. The minimum Gasteiger partial charge on any atom is -0.370 e. The molecule has 0 fully saturated rings. The van der Waals surface area contributed by atoms with Crippen molar-refractivity contribution >= 4 is 5.78 Å². The molecule has 0 bridgehead atoms. The fraction of sp³-hybridized carbons (Fsp3) is 0.462. The van der Waals surface area contributed by atoms with E-state index in [1.807, 2.05) is 13.8 Å². The van der Waals surface area contributed by atoms with Gasteiger partial charge in [-0.1, -0.05) is 26.0 Å². The van der Waals surface area contributed by atoms with Crippen LogP contribution in [0.4, 0.5) is 4.39 Å². The van der Waals surface area contributed by atoms with Crippen molar-refractivity contribution in [1.82, 2.24) is 0 Å². The molecule has 2 nitrogen and oxygen atoms in total. The lowest BCUT2D eigenvalue weighted by Gasteiger charge is -2.28. The molecule has 3 heteroatoms. The van der Waals surface area contributed by atoms with Gasteiger partial charge >= 0.3 is 0 Å². The molecule has 0 heterocycles. The molecule has 0 radical (unpaired) electrons. The Kier molecular flexibility index (Phi) is 4.19. The normalized spacial score (nSPS) is 11.5. The van der Waals surface area contributed by atoms with Gasteiger partial charge in [0.2, 0.25) is 0 Å². The number of methoxy groups -OCH3 is 1. The Morgan fingerprint density at radius 2 is 1.88 bits per heavy atom. The highest BCUT2D eigenvalue weighted by Crippen LogP contribution is 2.26. The highest BCUT2D eigenvalue weighted by atomic mass is 19.1. The van der Waals surface area contributed by atoms with Crippen LogP contribution in [0.5, 0.6) is 0 Å². The van der Waals surface area contributed by atoms with E-state index in [2.05, 4.69) is 0 Å². The SMILES string of the molecule is CCC(CC)(OC)C(=O)c1ccccc1F. The molecule has 16 heavy (non-hydrogen) atoms. The van der Waals surface area contributed by atoms with Gasteiger partial charge in [0.05, 0.1) is 5.56 Å². The van der Waals surface area contributed by atoms with Crippen molar-refractivity contribution in [3.63, 3.8) is 0 Å². The summed E-state index contributed by atoms with van der Waals surface area (Å²) in [5.41, 5.74) is -0.796. The van der Waals surface area contributed by atoms with Crippen LogP contribution in [-0.4, -0.2) is 18.5 Å². The molecule has 0 atom stereocenters. The first-order valence-corrected chi connectivity index (χ1v) is 5.45. The summed E-state index contributed by atoms with van der Waals surface area (Å²) >= 11 is 0. The van der Waals surface area contributed by atoms with Crippen LogP contribution in [0.25, 0.3) is 0 Å². The van der Waals surface area contributed by atoms with Gasteiger partial charge in [0.25, 0.3) is 0 Å². The summed E-state index contributed by atoms with van der Waals surface area (Å²) in [5, 5.41) is 0. The van der Waals surface area contributed by atoms with E-state index in [9.17, 15) is 9.18 Å². The number of rotatable bonds is 5. The molecule has 0 N–H and O–H groups in total. The second-order valence-electron chi connectivity index (χ2n) is 3.71. The van der Waals surface area contributed by atoms with Crippen LogP contribution < -0.4 is 0 Å². The number of ketones is 1. The van der Waals surface area contributed by atoms with Gasteiger partial charge in [-0.2, -0.15) is 0 Å². The van der Waals surface area contributed by atoms with Gasteiger partial charge in [0.1, 0.15) is 11.4 Å². The summed E-state index contributed by atoms with van der Waals surface area (Å²) in [7, 11) is 1.49. The van der Waals surface area contributed by atoms with Crippen molar-refractivity contribution in [2.45, 2.75) is 32.3 Å². The third-order valence-corrected chi connectivity index (χ3v) is 3.07. The number of Topliss-reactive ketones (excluding diaryl/α,β-unsaturated/α-hetero) is 1. The molecule has 1 aromatic rings.